The van der Waals surface area contributed by atoms with Crippen LogP contribution in [0.2, 0.25) is 0 Å². The van der Waals surface area contributed by atoms with Crippen LogP contribution in [-0.2, 0) is 18.3 Å². The molecule has 1 nitrogen and oxygen atoms in total. The number of aryl methyl sites for hydroxylation is 2. The van der Waals surface area contributed by atoms with E-state index in [2.05, 4.69) is 99.3 Å². The minimum absolute atomic E-state index is 0.243. The van der Waals surface area contributed by atoms with Gasteiger partial charge in [0.2, 0.25) is 0 Å². The molecule has 10 rings (SSSR count). The molecule has 0 atom stereocenters. The summed E-state index contributed by atoms with van der Waals surface area (Å²) in [5.41, 5.74) is 7.76. The van der Waals surface area contributed by atoms with Crippen molar-refractivity contribution < 1.29 is 0 Å². The van der Waals surface area contributed by atoms with Gasteiger partial charge in [0.25, 0.3) is 0 Å². The SMILES string of the molecule is CC.CC.CC.CC.CC.CC(C)(C)c1ccc2[nH]c3c(c2c1)CCCC3.CC(C)C12CCC(CC1)CC2.CC(C)C1CC1.CC(C)C1CC2(CCC2)C1.CC(C)C1CCCCC1. The topological polar surface area (TPSA) is 15.8 Å². The lowest BCUT2D eigenvalue weighted by atomic mass is 9.50. The van der Waals surface area contributed by atoms with Crippen molar-refractivity contribution in [2.24, 2.45) is 58.2 Å². The summed E-state index contributed by atoms with van der Waals surface area (Å²) in [4.78, 5) is 3.59. The number of H-pyrrole nitrogens is 1. The third kappa shape index (κ3) is 20.3. The van der Waals surface area contributed by atoms with Crippen molar-refractivity contribution in [3.63, 3.8) is 0 Å². The minimum Gasteiger partial charge on any atom is -0.358 e. The van der Waals surface area contributed by atoms with E-state index in [1.165, 1.54) is 138 Å². The van der Waals surface area contributed by atoms with Crippen LogP contribution in [0.15, 0.2) is 18.2 Å². The van der Waals surface area contributed by atoms with Gasteiger partial charge >= 0.3 is 0 Å². The first-order valence-corrected chi connectivity index (χ1v) is 28.8. The normalized spacial score (nSPS) is 22.7. The van der Waals surface area contributed by atoms with E-state index in [0.29, 0.717) is 0 Å². The number of benzene rings is 1. The van der Waals surface area contributed by atoms with Crippen LogP contribution in [0, 0.1) is 58.2 Å². The Morgan fingerprint density at radius 2 is 0.968 bits per heavy atom. The lowest BCUT2D eigenvalue weighted by molar-refractivity contribution is -0.0435. The Morgan fingerprint density at radius 3 is 1.32 bits per heavy atom. The molecule has 7 fully saturated rings. The predicted molar refractivity (Wildman–Crippen MR) is 292 cm³/mol. The van der Waals surface area contributed by atoms with E-state index in [9.17, 15) is 0 Å². The molecule has 8 aliphatic rings. The zero-order chi connectivity index (χ0) is 48.4. The standard InChI is InChI=1S/C16H21N.C11H20.C10H18.C9H18.C6H12.5C2H6/c1-16(2,3)11-8-9-15-13(10-11)12-6-4-5-7-14(12)17-15;1-9(2)11-6-3-10(4-7-11)5-8-11;1-8(2)9-6-10(7-9)4-3-5-10;1-8(2)9-6-4-3-5-7-9;1-5(2)6-3-4-6;5*1-2/h8-10,17H,4-7H2,1-3H3;9-10H,3-8H2,1-2H3;8-9H,3-7H2,1-2H3;8-9H,3-7H2,1-2H3;5-6H,3-4H2,1-2H3;5*1-2H3. The zero-order valence-electron chi connectivity index (χ0n) is 47.4. The van der Waals surface area contributed by atoms with E-state index >= 15 is 0 Å². The summed E-state index contributed by atoms with van der Waals surface area (Å²) < 4.78 is 0. The molecule has 1 aromatic carbocycles. The quantitative estimate of drug-likeness (QED) is 0.315. The zero-order valence-corrected chi connectivity index (χ0v) is 47.4. The Kier molecular flexibility index (Phi) is 31.8. The molecule has 0 saturated heterocycles. The highest BCUT2D eigenvalue weighted by atomic mass is 14.7. The van der Waals surface area contributed by atoms with Gasteiger partial charge in [-0.3, -0.25) is 0 Å². The molecule has 0 unspecified atom stereocenters. The Bertz CT molecular complexity index is 1330. The van der Waals surface area contributed by atoms with E-state index in [1.807, 2.05) is 69.2 Å². The average Bonchev–Trinajstić information content (AvgIpc) is 4.09. The Labute approximate surface area is 399 Å². The average molecular weight is 879 g/mol. The molecule has 2 aromatic rings. The van der Waals surface area contributed by atoms with Gasteiger partial charge in [0.15, 0.2) is 0 Å². The summed E-state index contributed by atoms with van der Waals surface area (Å²) in [7, 11) is 0. The fourth-order valence-corrected chi connectivity index (χ4v) is 11.2. The monoisotopic (exact) mass is 878 g/mol. The molecule has 7 saturated carbocycles. The smallest absolute Gasteiger partial charge is 0.0459 e. The summed E-state index contributed by atoms with van der Waals surface area (Å²) in [5.74, 6) is 8.14. The third-order valence-electron chi connectivity index (χ3n) is 16.2. The van der Waals surface area contributed by atoms with Gasteiger partial charge in [-0.1, -0.05) is 190 Å². The van der Waals surface area contributed by atoms with E-state index in [4.69, 9.17) is 0 Å². The van der Waals surface area contributed by atoms with Gasteiger partial charge in [-0.15, -0.1) is 0 Å². The van der Waals surface area contributed by atoms with Crippen LogP contribution < -0.4 is 0 Å². The van der Waals surface area contributed by atoms with Gasteiger partial charge in [0.05, 0.1) is 0 Å². The largest absolute Gasteiger partial charge is 0.358 e. The Morgan fingerprint density at radius 1 is 0.508 bits per heavy atom. The highest BCUT2D eigenvalue weighted by Gasteiger charge is 2.48. The Hall–Kier alpha value is -1.24. The van der Waals surface area contributed by atoms with E-state index < -0.39 is 0 Å². The third-order valence-corrected chi connectivity index (χ3v) is 16.2. The second-order valence-electron chi connectivity index (χ2n) is 22.3. The number of hydrogen-bond acceptors (Lipinski definition) is 0. The lowest BCUT2D eigenvalue weighted by Gasteiger charge is -2.55. The maximum atomic E-state index is 3.59. The molecule has 1 aromatic heterocycles. The molecule has 0 radical (unpaired) electrons. The van der Waals surface area contributed by atoms with Crippen molar-refractivity contribution >= 4 is 10.9 Å². The van der Waals surface area contributed by atoms with E-state index in [0.717, 1.165) is 58.2 Å². The molecule has 1 heteroatoms. The molecule has 0 amide bonds. The van der Waals surface area contributed by atoms with Crippen molar-refractivity contribution in [2.75, 3.05) is 0 Å². The van der Waals surface area contributed by atoms with Gasteiger partial charge in [0.1, 0.15) is 0 Å². The van der Waals surface area contributed by atoms with Gasteiger partial charge in [-0.05, 0) is 190 Å². The first-order valence-electron chi connectivity index (χ1n) is 28.8. The van der Waals surface area contributed by atoms with Crippen LogP contribution in [-0.4, -0.2) is 4.98 Å². The van der Waals surface area contributed by atoms with Crippen LogP contribution in [0.1, 0.15) is 291 Å². The lowest BCUT2D eigenvalue weighted by Crippen LogP contribution is -2.44. The molecular weight excluding hydrogens is 759 g/mol. The molecular formula is C62H119N. The minimum atomic E-state index is 0.243. The number of aromatic amines is 1. The molecule has 63 heavy (non-hydrogen) atoms. The molecule has 1 N–H and O–H groups in total. The second kappa shape index (κ2) is 32.5. The first-order chi connectivity index (χ1) is 30.1. The maximum absolute atomic E-state index is 3.59. The molecule has 0 aliphatic heterocycles. The molecule has 8 aliphatic carbocycles. The number of aromatic nitrogens is 1. The van der Waals surface area contributed by atoms with E-state index in [1.54, 1.807) is 31.2 Å². The highest BCUT2D eigenvalue weighted by Crippen LogP contribution is 2.60. The predicted octanol–water partition coefficient (Wildman–Crippen LogP) is 21.6. The fraction of sp³-hybridized carbons (Fsp3) is 0.871. The summed E-state index contributed by atoms with van der Waals surface area (Å²) in [6, 6.07) is 6.93. The van der Waals surface area contributed by atoms with Gasteiger partial charge in [-0.2, -0.15) is 0 Å². The van der Waals surface area contributed by atoms with Crippen LogP contribution >= 0.6 is 0 Å². The summed E-state index contributed by atoms with van der Waals surface area (Å²) in [6.45, 7) is 45.8. The van der Waals surface area contributed by atoms with Crippen LogP contribution in [0.4, 0.5) is 0 Å². The molecule has 1 spiro atoms. The first kappa shape index (κ1) is 61.8. The highest BCUT2D eigenvalue weighted by molar-refractivity contribution is 5.85. The maximum Gasteiger partial charge on any atom is 0.0459 e. The van der Waals surface area contributed by atoms with Crippen LogP contribution in [0.3, 0.4) is 0 Å². The number of fused-ring (bicyclic) bond motifs is 6. The van der Waals surface area contributed by atoms with Gasteiger partial charge in [0, 0.05) is 16.6 Å². The van der Waals surface area contributed by atoms with Gasteiger partial charge < -0.3 is 4.98 Å². The van der Waals surface area contributed by atoms with Crippen molar-refractivity contribution in [2.45, 2.75) is 292 Å². The van der Waals surface area contributed by atoms with Crippen molar-refractivity contribution in [1.82, 2.24) is 4.98 Å². The fourth-order valence-electron chi connectivity index (χ4n) is 11.2. The molecule has 2 bridgehead atoms. The molecule has 1 heterocycles. The van der Waals surface area contributed by atoms with Gasteiger partial charge in [-0.25, -0.2) is 0 Å². The second-order valence-corrected chi connectivity index (χ2v) is 22.3. The number of hydrogen-bond donors (Lipinski definition) is 1. The summed E-state index contributed by atoms with van der Waals surface area (Å²) in [6.07, 6.45) is 32.6. The Balaban J connectivity index is 0.000000747. The summed E-state index contributed by atoms with van der Waals surface area (Å²) in [5, 5.41) is 1.46. The van der Waals surface area contributed by atoms with E-state index in [-0.39, 0.29) is 5.41 Å². The van der Waals surface area contributed by atoms with Crippen LogP contribution in [0.25, 0.3) is 10.9 Å². The summed E-state index contributed by atoms with van der Waals surface area (Å²) >= 11 is 0. The molecule has 372 valence electrons. The van der Waals surface area contributed by atoms with Crippen molar-refractivity contribution in [3.05, 3.63) is 35.0 Å². The van der Waals surface area contributed by atoms with Crippen LogP contribution in [0.5, 0.6) is 0 Å². The van der Waals surface area contributed by atoms with Crippen molar-refractivity contribution in [3.8, 4) is 0 Å². The van der Waals surface area contributed by atoms with Crippen molar-refractivity contribution in [1.29, 1.82) is 0 Å². The number of nitrogens with one attached hydrogen (secondary N) is 1. The number of rotatable bonds is 4.